The van der Waals surface area contributed by atoms with Crippen molar-refractivity contribution in [3.05, 3.63) is 77.9 Å². The Bertz CT molecular complexity index is 1530. The fraction of sp³-hybridized carbons (Fsp3) is 0.296. The summed E-state index contributed by atoms with van der Waals surface area (Å²) in [5.41, 5.74) is 1.89. The summed E-state index contributed by atoms with van der Waals surface area (Å²) in [4.78, 5) is 21.0. The molecule has 2 N–H and O–H groups in total. The molecule has 0 unspecified atom stereocenters. The van der Waals surface area contributed by atoms with E-state index in [-0.39, 0.29) is 24.2 Å². The van der Waals surface area contributed by atoms with Gasteiger partial charge in [-0.05, 0) is 54.7 Å². The van der Waals surface area contributed by atoms with Gasteiger partial charge in [-0.1, -0.05) is 18.2 Å². The number of nitrogens with one attached hydrogen (secondary N) is 1. The number of fused-ring (bicyclic) bond motifs is 1. The zero-order valence-electron chi connectivity index (χ0n) is 20.3. The molecular formula is C27H25F3N6O2. The molecule has 2 fully saturated rings. The number of urea groups is 1. The monoisotopic (exact) mass is 522 g/mol. The SMILES string of the molecule is O=C(Nc1cnn2ccc(N3CCC[C@@H]3c3cc(F)ccc3-c3cccc(F)c3F)nc12)N1CC[C@H](O)C1. The number of carbonyl (C=O) groups excluding carboxylic acids is 1. The summed E-state index contributed by atoms with van der Waals surface area (Å²) in [5.74, 6) is -1.83. The highest BCUT2D eigenvalue weighted by molar-refractivity contribution is 5.93. The van der Waals surface area contributed by atoms with Crippen molar-refractivity contribution in [2.75, 3.05) is 29.9 Å². The van der Waals surface area contributed by atoms with Gasteiger partial charge in [0, 0.05) is 31.4 Å². The Balaban J connectivity index is 1.34. The second-order valence-corrected chi connectivity index (χ2v) is 9.62. The van der Waals surface area contributed by atoms with Gasteiger partial charge >= 0.3 is 6.03 Å². The molecule has 4 aromatic rings. The molecule has 0 saturated carbocycles. The molecule has 2 amide bonds. The van der Waals surface area contributed by atoms with Crippen molar-refractivity contribution in [2.24, 2.45) is 0 Å². The number of hydrogen-bond acceptors (Lipinski definition) is 5. The van der Waals surface area contributed by atoms with E-state index in [1.165, 1.54) is 41.4 Å². The second kappa shape index (κ2) is 9.64. The molecule has 2 aliphatic rings. The van der Waals surface area contributed by atoms with Gasteiger partial charge in [0.15, 0.2) is 17.3 Å². The molecular weight excluding hydrogens is 497 g/mol. The third-order valence-corrected chi connectivity index (χ3v) is 7.21. The minimum atomic E-state index is -0.977. The van der Waals surface area contributed by atoms with Gasteiger partial charge in [0.2, 0.25) is 0 Å². The largest absolute Gasteiger partial charge is 0.391 e. The lowest BCUT2D eigenvalue weighted by Gasteiger charge is -2.28. The van der Waals surface area contributed by atoms with Crippen LogP contribution in [0, 0.1) is 17.5 Å². The lowest BCUT2D eigenvalue weighted by Crippen LogP contribution is -2.33. The highest BCUT2D eigenvalue weighted by Crippen LogP contribution is 2.41. The van der Waals surface area contributed by atoms with Gasteiger partial charge in [0.1, 0.15) is 17.3 Å². The molecule has 0 aliphatic carbocycles. The number of nitrogens with zero attached hydrogens (tertiary/aromatic N) is 5. The summed E-state index contributed by atoms with van der Waals surface area (Å²) < 4.78 is 44.8. The average Bonchev–Trinajstić information content (AvgIpc) is 3.66. The quantitative estimate of drug-likeness (QED) is 0.404. The third kappa shape index (κ3) is 4.32. The maximum Gasteiger partial charge on any atom is 0.322 e. The average molecular weight is 523 g/mol. The number of likely N-dealkylation sites (tertiary alicyclic amines) is 1. The summed E-state index contributed by atoms with van der Waals surface area (Å²) in [6.45, 7) is 1.35. The van der Waals surface area contributed by atoms with Crippen molar-refractivity contribution in [1.29, 1.82) is 0 Å². The van der Waals surface area contributed by atoms with E-state index in [2.05, 4.69) is 10.4 Å². The molecule has 6 rings (SSSR count). The molecule has 0 radical (unpaired) electrons. The van der Waals surface area contributed by atoms with Crippen LogP contribution >= 0.6 is 0 Å². The van der Waals surface area contributed by atoms with E-state index in [0.717, 1.165) is 12.5 Å². The molecule has 2 atom stereocenters. The topological polar surface area (TPSA) is 86.0 Å². The third-order valence-electron chi connectivity index (χ3n) is 7.21. The van der Waals surface area contributed by atoms with Gasteiger partial charge < -0.3 is 20.2 Å². The van der Waals surface area contributed by atoms with Crippen LogP contribution in [0.15, 0.2) is 54.9 Å². The van der Waals surface area contributed by atoms with Crippen LogP contribution in [0.1, 0.15) is 30.9 Å². The smallest absolute Gasteiger partial charge is 0.322 e. The number of aliphatic hydroxyl groups excluding tert-OH is 1. The van der Waals surface area contributed by atoms with E-state index in [0.29, 0.717) is 54.2 Å². The van der Waals surface area contributed by atoms with Crippen LogP contribution in [0.25, 0.3) is 16.8 Å². The maximum absolute atomic E-state index is 14.7. The summed E-state index contributed by atoms with van der Waals surface area (Å²) in [5, 5.41) is 16.8. The Hall–Kier alpha value is -4.12. The van der Waals surface area contributed by atoms with E-state index in [9.17, 15) is 23.1 Å². The molecule has 2 saturated heterocycles. The first-order valence-electron chi connectivity index (χ1n) is 12.5. The van der Waals surface area contributed by atoms with Gasteiger partial charge in [-0.25, -0.2) is 27.5 Å². The van der Waals surface area contributed by atoms with Crippen LogP contribution in [0.5, 0.6) is 0 Å². The second-order valence-electron chi connectivity index (χ2n) is 9.62. The Morgan fingerprint density at radius 2 is 1.92 bits per heavy atom. The first-order chi connectivity index (χ1) is 18.4. The zero-order valence-corrected chi connectivity index (χ0v) is 20.3. The van der Waals surface area contributed by atoms with E-state index >= 15 is 0 Å². The maximum atomic E-state index is 14.7. The highest BCUT2D eigenvalue weighted by Gasteiger charge is 2.31. The van der Waals surface area contributed by atoms with Crippen molar-refractivity contribution in [1.82, 2.24) is 19.5 Å². The van der Waals surface area contributed by atoms with E-state index in [1.807, 2.05) is 4.90 Å². The summed E-state index contributed by atoms with van der Waals surface area (Å²) in [6, 6.07) is 9.17. The standard InChI is InChI=1S/C27H25F3N6O2/c28-16-6-7-18(19-3-1-4-21(29)25(19)30)20(13-16)23-5-2-10-35(23)24-9-12-36-26(33-24)22(14-31-36)32-27(38)34-11-8-17(37)15-34/h1,3-4,6-7,9,12-14,17,23,37H,2,5,8,10-11,15H2,(H,32,38)/t17-,23+/m0/s1. The molecule has 11 heteroatoms. The van der Waals surface area contributed by atoms with Gasteiger partial charge in [0.25, 0.3) is 0 Å². The van der Waals surface area contributed by atoms with Gasteiger partial charge in [0.05, 0.1) is 18.3 Å². The minimum Gasteiger partial charge on any atom is -0.391 e. The lowest BCUT2D eigenvalue weighted by atomic mass is 9.93. The number of carbonyl (C=O) groups is 1. The van der Waals surface area contributed by atoms with Crippen LogP contribution in [-0.2, 0) is 0 Å². The van der Waals surface area contributed by atoms with Crippen LogP contribution < -0.4 is 10.2 Å². The van der Waals surface area contributed by atoms with Crippen LogP contribution in [0.3, 0.4) is 0 Å². The number of benzene rings is 2. The number of hydrogen-bond donors (Lipinski definition) is 2. The Labute approximate surface area is 216 Å². The van der Waals surface area contributed by atoms with Crippen molar-refractivity contribution in [2.45, 2.75) is 31.4 Å². The van der Waals surface area contributed by atoms with Crippen molar-refractivity contribution in [3.8, 4) is 11.1 Å². The molecule has 2 aliphatic heterocycles. The van der Waals surface area contributed by atoms with Crippen molar-refractivity contribution in [3.63, 3.8) is 0 Å². The molecule has 4 heterocycles. The normalized spacial score (nSPS) is 19.5. The molecule has 196 valence electrons. The zero-order chi connectivity index (χ0) is 26.4. The van der Waals surface area contributed by atoms with Gasteiger partial charge in [-0.15, -0.1) is 0 Å². The summed E-state index contributed by atoms with van der Waals surface area (Å²) in [7, 11) is 0. The van der Waals surface area contributed by atoms with Crippen molar-refractivity contribution < 1.29 is 23.1 Å². The Kier molecular flexibility index (Phi) is 6.15. The number of anilines is 2. The van der Waals surface area contributed by atoms with Gasteiger partial charge in [-0.2, -0.15) is 5.10 Å². The fourth-order valence-corrected chi connectivity index (χ4v) is 5.36. The predicted octanol–water partition coefficient (Wildman–Crippen LogP) is 4.75. The summed E-state index contributed by atoms with van der Waals surface area (Å²) >= 11 is 0. The number of aromatic nitrogens is 3. The fourth-order valence-electron chi connectivity index (χ4n) is 5.36. The number of β-amino-alcohol motifs (C(OH)–C–C–N with tert-alkyl or cyclic N) is 1. The molecule has 2 aromatic carbocycles. The van der Waals surface area contributed by atoms with Crippen LogP contribution in [-0.4, -0.2) is 56.4 Å². The number of aliphatic hydroxyl groups is 1. The summed E-state index contributed by atoms with van der Waals surface area (Å²) in [6.07, 6.45) is 4.69. The van der Waals surface area contributed by atoms with E-state index < -0.39 is 23.6 Å². The number of halogens is 3. The molecule has 2 aromatic heterocycles. The lowest BCUT2D eigenvalue weighted by molar-refractivity contribution is 0.176. The molecule has 8 nitrogen and oxygen atoms in total. The van der Waals surface area contributed by atoms with Crippen LogP contribution in [0.2, 0.25) is 0 Å². The van der Waals surface area contributed by atoms with E-state index in [4.69, 9.17) is 4.98 Å². The molecule has 38 heavy (non-hydrogen) atoms. The molecule has 0 bridgehead atoms. The minimum absolute atomic E-state index is 0.0723. The predicted molar refractivity (Wildman–Crippen MR) is 135 cm³/mol. The van der Waals surface area contributed by atoms with Gasteiger partial charge in [-0.3, -0.25) is 0 Å². The highest BCUT2D eigenvalue weighted by atomic mass is 19.2. The first-order valence-corrected chi connectivity index (χ1v) is 12.5. The Morgan fingerprint density at radius 3 is 2.74 bits per heavy atom. The van der Waals surface area contributed by atoms with E-state index in [1.54, 1.807) is 16.8 Å². The Morgan fingerprint density at radius 1 is 1.05 bits per heavy atom. The molecule has 0 spiro atoms. The number of rotatable bonds is 4. The first kappa shape index (κ1) is 24.2. The number of amides is 2. The van der Waals surface area contributed by atoms with Crippen LogP contribution in [0.4, 0.5) is 29.5 Å². The van der Waals surface area contributed by atoms with Crippen molar-refractivity contribution >= 4 is 23.2 Å².